The summed E-state index contributed by atoms with van der Waals surface area (Å²) in [6.07, 6.45) is 1.17. The van der Waals surface area contributed by atoms with Crippen molar-refractivity contribution < 1.29 is 14.3 Å². The Balaban J connectivity index is 2.29. The molecule has 0 bridgehead atoms. The first-order valence-corrected chi connectivity index (χ1v) is 5.64. The Morgan fingerprint density at radius 2 is 2.21 bits per heavy atom. The first kappa shape index (κ1) is 13.2. The van der Waals surface area contributed by atoms with Gasteiger partial charge in [-0.2, -0.15) is 0 Å². The van der Waals surface area contributed by atoms with Crippen molar-refractivity contribution in [3.05, 3.63) is 46.5 Å². The number of aryl methyl sites for hydroxylation is 1. The number of carbonyl (C=O) groups is 1. The van der Waals surface area contributed by atoms with Gasteiger partial charge in [0.15, 0.2) is 0 Å². The maximum Gasteiger partial charge on any atom is 0.339 e. The highest BCUT2D eigenvalue weighted by atomic mass is 35.5. The van der Waals surface area contributed by atoms with Crippen LogP contribution in [0.25, 0.3) is 0 Å². The molecule has 1 heterocycles. The molecule has 0 fully saturated rings. The average molecular weight is 282 g/mol. The number of aromatic carboxylic acids is 1. The van der Waals surface area contributed by atoms with Crippen LogP contribution in [0, 0.1) is 12.7 Å². The minimum atomic E-state index is -1.11. The fourth-order valence-corrected chi connectivity index (χ4v) is 1.61. The Bertz CT molecular complexity index is 649. The second-order valence-electron chi connectivity index (χ2n) is 3.75. The number of hydrogen-bond acceptors (Lipinski definition) is 4. The van der Waals surface area contributed by atoms with Gasteiger partial charge in [0.2, 0.25) is 5.95 Å². The number of benzene rings is 1. The lowest BCUT2D eigenvalue weighted by atomic mass is 10.2. The SMILES string of the molecule is Cc1nc(Nc2ccc(Cl)cc2F)ncc1C(=O)O. The second kappa shape index (κ2) is 5.19. The third-order valence-electron chi connectivity index (χ3n) is 2.39. The number of aromatic nitrogens is 2. The number of rotatable bonds is 3. The summed E-state index contributed by atoms with van der Waals surface area (Å²) >= 11 is 5.64. The highest BCUT2D eigenvalue weighted by molar-refractivity contribution is 6.30. The maximum absolute atomic E-state index is 13.5. The van der Waals surface area contributed by atoms with Crippen molar-refractivity contribution in [3.63, 3.8) is 0 Å². The van der Waals surface area contributed by atoms with Gasteiger partial charge in [-0.15, -0.1) is 0 Å². The van der Waals surface area contributed by atoms with E-state index < -0.39 is 11.8 Å². The quantitative estimate of drug-likeness (QED) is 0.904. The van der Waals surface area contributed by atoms with Crippen molar-refractivity contribution >= 4 is 29.2 Å². The van der Waals surface area contributed by atoms with Crippen LogP contribution in [0.5, 0.6) is 0 Å². The molecule has 1 aromatic carbocycles. The molecule has 2 N–H and O–H groups in total. The minimum absolute atomic E-state index is 0.00197. The Labute approximate surface area is 113 Å². The number of halogens is 2. The predicted octanol–water partition coefficient (Wildman–Crippen LogP) is 3.02. The van der Waals surface area contributed by atoms with E-state index in [1.807, 2.05) is 0 Å². The molecule has 5 nitrogen and oxygen atoms in total. The molecular formula is C12H9ClFN3O2. The Kier molecular flexibility index (Phi) is 3.62. The lowest BCUT2D eigenvalue weighted by molar-refractivity contribution is 0.0695. The Morgan fingerprint density at radius 1 is 1.47 bits per heavy atom. The van der Waals surface area contributed by atoms with Crippen LogP contribution in [0.1, 0.15) is 16.1 Å². The Hall–Kier alpha value is -2.21. The van der Waals surface area contributed by atoms with E-state index in [4.69, 9.17) is 16.7 Å². The van der Waals surface area contributed by atoms with E-state index in [1.165, 1.54) is 25.3 Å². The van der Waals surface area contributed by atoms with Crippen LogP contribution in [0.4, 0.5) is 16.0 Å². The van der Waals surface area contributed by atoms with Gasteiger partial charge in [0.05, 0.1) is 16.9 Å². The van der Waals surface area contributed by atoms with Crippen LogP contribution in [0.15, 0.2) is 24.4 Å². The van der Waals surface area contributed by atoms with Crippen LogP contribution < -0.4 is 5.32 Å². The summed E-state index contributed by atoms with van der Waals surface area (Å²) in [4.78, 5) is 18.6. The van der Waals surface area contributed by atoms with Crippen LogP contribution in [0.3, 0.4) is 0 Å². The molecule has 2 rings (SSSR count). The summed E-state index contributed by atoms with van der Waals surface area (Å²) < 4.78 is 13.5. The predicted molar refractivity (Wildman–Crippen MR) is 68.4 cm³/mol. The van der Waals surface area contributed by atoms with Gasteiger partial charge >= 0.3 is 5.97 Å². The van der Waals surface area contributed by atoms with Crippen LogP contribution in [-0.2, 0) is 0 Å². The standard InChI is InChI=1S/C12H9ClFN3O2/c1-6-8(11(18)19)5-15-12(16-6)17-10-3-2-7(13)4-9(10)14/h2-5H,1H3,(H,18,19)(H,15,16,17). The summed E-state index contributed by atoms with van der Waals surface area (Å²) in [5, 5.41) is 11.8. The first-order valence-electron chi connectivity index (χ1n) is 5.26. The summed E-state index contributed by atoms with van der Waals surface area (Å²) in [5.41, 5.74) is 0.452. The van der Waals surface area contributed by atoms with E-state index in [9.17, 15) is 9.18 Å². The third-order valence-corrected chi connectivity index (χ3v) is 2.62. The van der Waals surface area contributed by atoms with Crippen molar-refractivity contribution in [2.24, 2.45) is 0 Å². The van der Waals surface area contributed by atoms with Crippen molar-refractivity contribution in [1.29, 1.82) is 0 Å². The van der Waals surface area contributed by atoms with Gasteiger partial charge in [-0.3, -0.25) is 0 Å². The highest BCUT2D eigenvalue weighted by Crippen LogP contribution is 2.21. The molecule has 0 unspecified atom stereocenters. The maximum atomic E-state index is 13.5. The molecule has 19 heavy (non-hydrogen) atoms. The van der Waals surface area contributed by atoms with E-state index in [0.29, 0.717) is 5.69 Å². The Morgan fingerprint density at radius 3 is 2.79 bits per heavy atom. The number of nitrogens with one attached hydrogen (secondary N) is 1. The van der Waals surface area contributed by atoms with Crippen LogP contribution in [-0.4, -0.2) is 21.0 Å². The zero-order chi connectivity index (χ0) is 14.0. The zero-order valence-electron chi connectivity index (χ0n) is 9.82. The molecule has 98 valence electrons. The van der Waals surface area contributed by atoms with Crippen LogP contribution >= 0.6 is 11.6 Å². The molecular weight excluding hydrogens is 273 g/mol. The molecule has 0 atom stereocenters. The van der Waals surface area contributed by atoms with Gasteiger partial charge < -0.3 is 10.4 Å². The number of hydrogen-bond donors (Lipinski definition) is 2. The molecule has 1 aromatic heterocycles. The molecule has 0 saturated carbocycles. The molecule has 0 aliphatic heterocycles. The van der Waals surface area contributed by atoms with E-state index >= 15 is 0 Å². The average Bonchev–Trinajstić information content (AvgIpc) is 2.32. The van der Waals surface area contributed by atoms with Gasteiger partial charge in [-0.25, -0.2) is 19.2 Å². The topological polar surface area (TPSA) is 75.1 Å². The third kappa shape index (κ3) is 2.97. The summed E-state index contributed by atoms with van der Waals surface area (Å²) in [7, 11) is 0. The summed E-state index contributed by atoms with van der Waals surface area (Å²) in [6, 6.07) is 4.12. The lowest BCUT2D eigenvalue weighted by Gasteiger charge is -2.07. The van der Waals surface area contributed by atoms with Crippen molar-refractivity contribution in [2.45, 2.75) is 6.92 Å². The molecule has 7 heteroatoms. The van der Waals surface area contributed by atoms with E-state index in [0.717, 1.165) is 6.07 Å². The summed E-state index contributed by atoms with van der Waals surface area (Å²) in [5.74, 6) is -1.54. The number of anilines is 2. The minimum Gasteiger partial charge on any atom is -0.478 e. The molecule has 0 spiro atoms. The fourth-order valence-electron chi connectivity index (χ4n) is 1.45. The molecule has 0 saturated heterocycles. The van der Waals surface area contributed by atoms with Gasteiger partial charge in [0.1, 0.15) is 5.82 Å². The van der Waals surface area contributed by atoms with Gasteiger partial charge in [0, 0.05) is 11.2 Å². The van der Waals surface area contributed by atoms with Crippen molar-refractivity contribution in [1.82, 2.24) is 9.97 Å². The van der Waals surface area contributed by atoms with E-state index in [-0.39, 0.29) is 22.2 Å². The van der Waals surface area contributed by atoms with Crippen LogP contribution in [0.2, 0.25) is 5.02 Å². The normalized spacial score (nSPS) is 10.3. The van der Waals surface area contributed by atoms with E-state index in [1.54, 1.807) is 0 Å². The lowest BCUT2D eigenvalue weighted by Crippen LogP contribution is -2.06. The number of nitrogens with zero attached hydrogens (tertiary/aromatic N) is 2. The smallest absolute Gasteiger partial charge is 0.339 e. The van der Waals surface area contributed by atoms with Gasteiger partial charge in [0.25, 0.3) is 0 Å². The summed E-state index contributed by atoms with van der Waals surface area (Å²) in [6.45, 7) is 1.54. The molecule has 2 aromatic rings. The van der Waals surface area contributed by atoms with Gasteiger partial charge in [-0.1, -0.05) is 11.6 Å². The molecule has 0 aliphatic carbocycles. The molecule has 0 aliphatic rings. The monoisotopic (exact) mass is 281 g/mol. The number of carboxylic acid groups (broad SMARTS) is 1. The second-order valence-corrected chi connectivity index (χ2v) is 4.18. The fraction of sp³-hybridized carbons (Fsp3) is 0.0833. The van der Waals surface area contributed by atoms with Crippen molar-refractivity contribution in [3.8, 4) is 0 Å². The molecule has 0 amide bonds. The molecule has 0 radical (unpaired) electrons. The first-order chi connectivity index (χ1) is 8.97. The number of carboxylic acids is 1. The van der Waals surface area contributed by atoms with E-state index in [2.05, 4.69) is 15.3 Å². The van der Waals surface area contributed by atoms with Gasteiger partial charge in [-0.05, 0) is 25.1 Å². The van der Waals surface area contributed by atoms with Crippen molar-refractivity contribution in [2.75, 3.05) is 5.32 Å². The highest BCUT2D eigenvalue weighted by Gasteiger charge is 2.11. The zero-order valence-corrected chi connectivity index (χ0v) is 10.6. The largest absolute Gasteiger partial charge is 0.478 e.